The first-order valence-corrected chi connectivity index (χ1v) is 16.6. The molecule has 1 saturated heterocycles. The van der Waals surface area contributed by atoms with E-state index >= 15 is 4.39 Å². The number of aromatic nitrogens is 3. The second-order valence-electron chi connectivity index (χ2n) is 11.8. The molecule has 3 heterocycles. The Kier molecular flexibility index (Phi) is 9.59. The minimum absolute atomic E-state index is 0.0781. The van der Waals surface area contributed by atoms with Gasteiger partial charge in [0, 0.05) is 46.7 Å². The molecule has 1 aliphatic rings. The zero-order chi connectivity index (χ0) is 34.6. The van der Waals surface area contributed by atoms with Gasteiger partial charge in [-0.25, -0.2) is 9.37 Å². The van der Waals surface area contributed by atoms with Gasteiger partial charge in [0.1, 0.15) is 5.75 Å². The standard InChI is InChI=1S/C38H33ClFN5O5/c1-48-34-22-27-30(23-35(34)49-20-6-19-44-17-4-5-18-44)41-16-15-32(27)50-33-14-11-25(21-28(33)40)42-37(46)36-38(47)45(26-12-9-24(39)10-13-26)31-8-3-2-7-29(31)43-36/h2-3,7-16,21-23H,4-6,17-20H2,1H3,(H,42,46). The van der Waals surface area contributed by atoms with E-state index in [0.717, 1.165) is 32.1 Å². The molecule has 0 bridgehead atoms. The van der Waals surface area contributed by atoms with Crippen molar-refractivity contribution in [2.24, 2.45) is 0 Å². The quantitative estimate of drug-likeness (QED) is 0.138. The number of pyridine rings is 1. The summed E-state index contributed by atoms with van der Waals surface area (Å²) in [5.74, 6) is -0.176. The lowest BCUT2D eigenvalue weighted by atomic mass is 10.1. The summed E-state index contributed by atoms with van der Waals surface area (Å²) >= 11 is 6.06. The Labute approximate surface area is 292 Å². The maximum atomic E-state index is 15.5. The molecule has 0 unspecified atom stereocenters. The van der Waals surface area contributed by atoms with Crippen LogP contribution in [0, 0.1) is 5.82 Å². The van der Waals surface area contributed by atoms with Gasteiger partial charge in [-0.05, 0) is 93.0 Å². The summed E-state index contributed by atoms with van der Waals surface area (Å²) in [6.45, 7) is 3.81. The van der Waals surface area contributed by atoms with Crippen molar-refractivity contribution >= 4 is 45.1 Å². The van der Waals surface area contributed by atoms with Gasteiger partial charge in [0.15, 0.2) is 28.8 Å². The van der Waals surface area contributed by atoms with Crippen molar-refractivity contribution in [3.8, 4) is 28.7 Å². The van der Waals surface area contributed by atoms with Gasteiger partial charge in [0.2, 0.25) is 0 Å². The van der Waals surface area contributed by atoms with Crippen LogP contribution in [0.4, 0.5) is 10.1 Å². The van der Waals surface area contributed by atoms with Crippen molar-refractivity contribution in [3.05, 3.63) is 118 Å². The lowest BCUT2D eigenvalue weighted by Crippen LogP contribution is -2.30. The van der Waals surface area contributed by atoms with Gasteiger partial charge in [0.05, 0.1) is 30.3 Å². The minimum atomic E-state index is -0.794. The van der Waals surface area contributed by atoms with E-state index in [9.17, 15) is 9.59 Å². The number of para-hydroxylation sites is 2. The summed E-state index contributed by atoms with van der Waals surface area (Å²) in [5.41, 5.74) is 1.17. The van der Waals surface area contributed by atoms with E-state index in [4.69, 9.17) is 25.8 Å². The van der Waals surface area contributed by atoms with Crippen LogP contribution >= 0.6 is 11.6 Å². The number of nitrogens with zero attached hydrogens (tertiary/aromatic N) is 4. The number of hydrogen-bond acceptors (Lipinski definition) is 8. The number of carbonyl (C=O) groups excluding carboxylic acids is 1. The third-order valence-corrected chi connectivity index (χ3v) is 8.78. The number of anilines is 1. The number of ether oxygens (including phenoxy) is 3. The third-order valence-electron chi connectivity index (χ3n) is 8.53. The van der Waals surface area contributed by atoms with Gasteiger partial charge in [-0.15, -0.1) is 0 Å². The molecule has 0 radical (unpaired) electrons. The maximum absolute atomic E-state index is 15.5. The van der Waals surface area contributed by atoms with Gasteiger partial charge < -0.3 is 24.4 Å². The molecule has 1 N–H and O–H groups in total. The van der Waals surface area contributed by atoms with Gasteiger partial charge in [-0.1, -0.05) is 23.7 Å². The predicted molar refractivity (Wildman–Crippen MR) is 191 cm³/mol. The van der Waals surface area contributed by atoms with Crippen LogP contribution in [0.2, 0.25) is 5.02 Å². The molecule has 2 aromatic heterocycles. The van der Waals surface area contributed by atoms with Crippen molar-refractivity contribution in [3.63, 3.8) is 0 Å². The van der Waals surface area contributed by atoms with Crippen molar-refractivity contribution < 1.29 is 23.4 Å². The van der Waals surface area contributed by atoms with Crippen LogP contribution in [0.1, 0.15) is 29.8 Å². The van der Waals surface area contributed by atoms with Crippen LogP contribution in [-0.4, -0.2) is 58.7 Å². The minimum Gasteiger partial charge on any atom is -0.493 e. The van der Waals surface area contributed by atoms with Crippen LogP contribution in [0.15, 0.2) is 95.9 Å². The molecule has 1 amide bonds. The number of nitrogens with one attached hydrogen (secondary N) is 1. The number of rotatable bonds is 11. The van der Waals surface area contributed by atoms with Gasteiger partial charge in [0.25, 0.3) is 11.5 Å². The highest BCUT2D eigenvalue weighted by Crippen LogP contribution is 2.38. The second kappa shape index (κ2) is 14.5. The highest BCUT2D eigenvalue weighted by molar-refractivity contribution is 6.30. The summed E-state index contributed by atoms with van der Waals surface area (Å²) < 4.78 is 34.5. The average molecular weight is 694 g/mol. The molecule has 1 fully saturated rings. The average Bonchev–Trinajstić information content (AvgIpc) is 3.65. The van der Waals surface area contributed by atoms with E-state index in [0.29, 0.717) is 56.5 Å². The Bertz CT molecular complexity index is 2260. The molecule has 50 heavy (non-hydrogen) atoms. The second-order valence-corrected chi connectivity index (χ2v) is 12.3. The van der Waals surface area contributed by atoms with Crippen LogP contribution in [0.5, 0.6) is 23.0 Å². The van der Waals surface area contributed by atoms with Gasteiger partial charge in [-0.2, -0.15) is 0 Å². The third kappa shape index (κ3) is 6.96. The molecule has 0 saturated carbocycles. The highest BCUT2D eigenvalue weighted by Gasteiger charge is 2.20. The summed E-state index contributed by atoms with van der Waals surface area (Å²) in [7, 11) is 1.56. The fourth-order valence-electron chi connectivity index (χ4n) is 6.06. The number of hydrogen-bond donors (Lipinski definition) is 1. The number of amides is 1. The molecule has 1 aliphatic heterocycles. The van der Waals surface area contributed by atoms with Crippen LogP contribution in [0.25, 0.3) is 27.6 Å². The highest BCUT2D eigenvalue weighted by atomic mass is 35.5. The molecule has 7 rings (SSSR count). The summed E-state index contributed by atoms with van der Waals surface area (Å²) in [5, 5.41) is 3.70. The number of benzene rings is 4. The molecule has 10 nitrogen and oxygen atoms in total. The summed E-state index contributed by atoms with van der Waals surface area (Å²) in [4.78, 5) is 38.2. The number of methoxy groups -OCH3 is 1. The zero-order valence-electron chi connectivity index (χ0n) is 27.2. The van der Waals surface area contributed by atoms with Crippen molar-refractivity contribution in [1.29, 1.82) is 0 Å². The normalized spacial score (nSPS) is 13.1. The van der Waals surface area contributed by atoms with Crippen molar-refractivity contribution in [2.75, 3.05) is 38.7 Å². The zero-order valence-corrected chi connectivity index (χ0v) is 28.0. The lowest BCUT2D eigenvalue weighted by molar-refractivity contribution is 0.102. The molecule has 4 aromatic carbocycles. The Balaban J connectivity index is 1.09. The summed E-state index contributed by atoms with van der Waals surface area (Å²) in [6, 6.07) is 22.8. The molecule has 6 aromatic rings. The van der Waals surface area contributed by atoms with Gasteiger partial charge >= 0.3 is 0 Å². The Hall–Kier alpha value is -5.52. The first-order chi connectivity index (χ1) is 24.4. The van der Waals surface area contributed by atoms with E-state index in [1.165, 1.54) is 29.5 Å². The van der Waals surface area contributed by atoms with Crippen LogP contribution < -0.4 is 25.1 Å². The van der Waals surface area contributed by atoms with Crippen molar-refractivity contribution in [2.45, 2.75) is 19.3 Å². The molecule has 12 heteroatoms. The first-order valence-electron chi connectivity index (χ1n) is 16.3. The SMILES string of the molecule is COc1cc2c(Oc3ccc(NC(=O)c4nc5ccccc5n(-c5ccc(Cl)cc5)c4=O)cc3F)ccnc2cc1OCCCN1CCCC1. The van der Waals surface area contributed by atoms with Gasteiger partial charge in [-0.3, -0.25) is 19.1 Å². The lowest BCUT2D eigenvalue weighted by Gasteiger charge is -2.16. The van der Waals surface area contributed by atoms with E-state index in [-0.39, 0.29) is 17.1 Å². The topological polar surface area (TPSA) is 108 Å². The van der Waals surface area contributed by atoms with E-state index < -0.39 is 17.3 Å². The fraction of sp³-hybridized carbons (Fsp3) is 0.211. The number of likely N-dealkylation sites (tertiary alicyclic amines) is 1. The molecule has 254 valence electrons. The predicted octanol–water partition coefficient (Wildman–Crippen LogP) is 7.64. The van der Waals surface area contributed by atoms with E-state index in [1.54, 1.807) is 80.0 Å². The molecule has 0 atom stereocenters. The maximum Gasteiger partial charge on any atom is 0.287 e. The van der Waals surface area contributed by atoms with E-state index in [2.05, 4.69) is 20.2 Å². The van der Waals surface area contributed by atoms with Crippen molar-refractivity contribution in [1.82, 2.24) is 19.4 Å². The largest absolute Gasteiger partial charge is 0.493 e. The molecule has 0 aliphatic carbocycles. The van der Waals surface area contributed by atoms with Crippen LogP contribution in [-0.2, 0) is 0 Å². The smallest absolute Gasteiger partial charge is 0.287 e. The Morgan fingerprint density at radius 2 is 1.72 bits per heavy atom. The first kappa shape index (κ1) is 33.0. The fourth-order valence-corrected chi connectivity index (χ4v) is 6.19. The molecular formula is C38H33ClFN5O5. The number of halogens is 2. The summed E-state index contributed by atoms with van der Waals surface area (Å²) in [6.07, 6.45) is 4.97. The monoisotopic (exact) mass is 693 g/mol. The Morgan fingerprint density at radius 1 is 0.920 bits per heavy atom. The van der Waals surface area contributed by atoms with E-state index in [1.807, 2.05) is 0 Å². The Morgan fingerprint density at radius 3 is 2.50 bits per heavy atom. The number of fused-ring (bicyclic) bond motifs is 2. The molecular weight excluding hydrogens is 661 g/mol. The molecule has 0 spiro atoms. The number of carbonyl (C=O) groups is 1. The van der Waals surface area contributed by atoms with Crippen LogP contribution in [0.3, 0.4) is 0 Å².